The molecule has 6 heteroatoms. The van der Waals surface area contributed by atoms with E-state index in [9.17, 15) is 14.4 Å². The Morgan fingerprint density at radius 1 is 0.392 bits per heavy atom. The minimum absolute atomic E-state index is 0.149. The first kappa shape index (κ1) is 48.6. The van der Waals surface area contributed by atoms with Gasteiger partial charge in [-0.1, -0.05) is 156 Å². The molecule has 6 nitrogen and oxygen atoms in total. The van der Waals surface area contributed by atoms with Gasteiger partial charge in [-0.15, -0.1) is 0 Å². The van der Waals surface area contributed by atoms with Gasteiger partial charge in [-0.05, 0) is 77.0 Å². The van der Waals surface area contributed by atoms with Crippen LogP contribution in [0.5, 0.6) is 0 Å². The van der Waals surface area contributed by atoms with Crippen LogP contribution in [0.1, 0.15) is 215 Å². The molecule has 0 atom stereocenters. The molecule has 0 rings (SSSR count). The van der Waals surface area contributed by atoms with Gasteiger partial charge in [0.2, 0.25) is 0 Å². The molecule has 0 aromatic heterocycles. The Labute approximate surface area is 315 Å². The molecule has 51 heavy (non-hydrogen) atoms. The molecule has 0 aliphatic rings. The predicted molar refractivity (Wildman–Crippen MR) is 215 cm³/mol. The third-order valence-corrected chi connectivity index (χ3v) is 9.36. The highest BCUT2D eigenvalue weighted by Crippen LogP contribution is 2.19. The largest absolute Gasteiger partial charge is 0.458 e. The number of hydrogen-bond donors (Lipinski definition) is 0. The SMILES string of the molecule is CCCCCC/C=C(\CCCCC)C(=O)OCC(COC(=O)/C(=C/CCCCCC)CCCCC)OC(=O)/C(=C/CCCCCC)CCCCC. The van der Waals surface area contributed by atoms with E-state index >= 15 is 0 Å². The van der Waals surface area contributed by atoms with Gasteiger partial charge in [-0.25, -0.2) is 14.4 Å². The van der Waals surface area contributed by atoms with E-state index in [1.54, 1.807) is 0 Å². The smallest absolute Gasteiger partial charge is 0.334 e. The van der Waals surface area contributed by atoms with Crippen LogP contribution in [-0.2, 0) is 28.6 Å². The molecule has 0 spiro atoms. The van der Waals surface area contributed by atoms with E-state index in [2.05, 4.69) is 41.5 Å². The highest BCUT2D eigenvalue weighted by molar-refractivity contribution is 5.90. The number of esters is 3. The lowest BCUT2D eigenvalue weighted by atomic mass is 10.0. The summed E-state index contributed by atoms with van der Waals surface area (Å²) < 4.78 is 17.7. The van der Waals surface area contributed by atoms with Gasteiger partial charge in [0.25, 0.3) is 0 Å². The van der Waals surface area contributed by atoms with Gasteiger partial charge in [0, 0.05) is 16.7 Å². The summed E-state index contributed by atoms with van der Waals surface area (Å²) in [4.78, 5) is 40.5. The van der Waals surface area contributed by atoms with Crippen LogP contribution in [0.2, 0.25) is 0 Å². The molecule has 0 N–H and O–H groups in total. The second-order valence-corrected chi connectivity index (χ2v) is 14.3. The number of hydrogen-bond acceptors (Lipinski definition) is 6. The molecule has 0 aliphatic carbocycles. The molecule has 0 saturated heterocycles. The molecular formula is C45H80O6. The molecule has 0 amide bonds. The minimum Gasteiger partial charge on any atom is -0.458 e. The molecule has 0 heterocycles. The van der Waals surface area contributed by atoms with Crippen molar-refractivity contribution < 1.29 is 28.6 Å². The summed E-state index contributed by atoms with van der Waals surface area (Å²) in [6.07, 6.45) is 32.5. The summed E-state index contributed by atoms with van der Waals surface area (Å²) in [5, 5.41) is 0. The van der Waals surface area contributed by atoms with Crippen molar-refractivity contribution in [1.82, 2.24) is 0 Å². The maximum atomic E-state index is 13.6. The normalized spacial score (nSPS) is 12.9. The molecule has 0 fully saturated rings. The van der Waals surface area contributed by atoms with Crippen LogP contribution in [0.15, 0.2) is 34.9 Å². The van der Waals surface area contributed by atoms with Gasteiger partial charge in [-0.3, -0.25) is 0 Å². The molecule has 0 aliphatic heterocycles. The van der Waals surface area contributed by atoms with Gasteiger partial charge in [0.05, 0.1) is 0 Å². The van der Waals surface area contributed by atoms with Gasteiger partial charge >= 0.3 is 17.9 Å². The molecule has 296 valence electrons. The van der Waals surface area contributed by atoms with Crippen molar-refractivity contribution in [3.63, 3.8) is 0 Å². The third kappa shape index (κ3) is 27.9. The van der Waals surface area contributed by atoms with E-state index in [1.165, 1.54) is 32.1 Å². The maximum absolute atomic E-state index is 13.6. The molecular weight excluding hydrogens is 636 g/mol. The topological polar surface area (TPSA) is 78.9 Å². The van der Waals surface area contributed by atoms with Crippen molar-refractivity contribution in [3.8, 4) is 0 Å². The number of allylic oxidation sites excluding steroid dienone is 3. The van der Waals surface area contributed by atoms with Crippen LogP contribution < -0.4 is 0 Å². The summed E-state index contributed by atoms with van der Waals surface area (Å²) in [6, 6.07) is 0. The highest BCUT2D eigenvalue weighted by Gasteiger charge is 2.23. The Bertz CT molecular complexity index is 910. The molecule has 0 bridgehead atoms. The Morgan fingerprint density at radius 3 is 1.00 bits per heavy atom. The van der Waals surface area contributed by atoms with Crippen molar-refractivity contribution in [2.75, 3.05) is 13.2 Å². The summed E-state index contributed by atoms with van der Waals surface area (Å²) in [6.45, 7) is 12.7. The van der Waals surface area contributed by atoms with Gasteiger partial charge in [0.15, 0.2) is 6.10 Å². The number of carbonyl (C=O) groups is 3. The minimum atomic E-state index is -0.886. The highest BCUT2D eigenvalue weighted by atomic mass is 16.6. The first-order valence-electron chi connectivity index (χ1n) is 21.5. The van der Waals surface area contributed by atoms with Crippen molar-refractivity contribution in [2.24, 2.45) is 0 Å². The van der Waals surface area contributed by atoms with Crippen molar-refractivity contribution in [2.45, 2.75) is 221 Å². The fraction of sp³-hybridized carbons (Fsp3) is 0.800. The zero-order valence-electron chi connectivity index (χ0n) is 34.3. The zero-order valence-corrected chi connectivity index (χ0v) is 34.3. The summed E-state index contributed by atoms with van der Waals surface area (Å²) in [7, 11) is 0. The standard InChI is InChI=1S/C45H80O6/c1-7-13-19-22-28-34-39(31-25-16-10-4)43(46)49-37-42(51-45(48)41(33-27-18-12-6)36-30-24-21-15-9-3)38-50-44(47)40(32-26-17-11-5)35-29-23-20-14-8-2/h34-36,42H,7-33,37-38H2,1-6H3/b39-34+,40-35+,41-36+. The van der Waals surface area contributed by atoms with E-state index in [0.717, 1.165) is 122 Å². The maximum Gasteiger partial charge on any atom is 0.334 e. The molecule has 0 aromatic rings. The second-order valence-electron chi connectivity index (χ2n) is 14.3. The van der Waals surface area contributed by atoms with Crippen LogP contribution in [0.3, 0.4) is 0 Å². The van der Waals surface area contributed by atoms with Crippen molar-refractivity contribution in [1.29, 1.82) is 0 Å². The Balaban J connectivity index is 5.99. The Kier molecular flexibility index (Phi) is 34.3. The molecule has 0 unspecified atom stereocenters. The first-order valence-corrected chi connectivity index (χ1v) is 21.5. The van der Waals surface area contributed by atoms with Crippen LogP contribution in [0, 0.1) is 0 Å². The number of carbonyl (C=O) groups excluding carboxylic acids is 3. The van der Waals surface area contributed by atoms with Gasteiger partial charge in [-0.2, -0.15) is 0 Å². The molecule has 0 aromatic carbocycles. The summed E-state index contributed by atoms with van der Waals surface area (Å²) in [5.74, 6) is -1.13. The van der Waals surface area contributed by atoms with E-state index in [1.807, 2.05) is 18.2 Å². The monoisotopic (exact) mass is 717 g/mol. The Morgan fingerprint density at radius 2 is 0.686 bits per heavy atom. The number of unbranched alkanes of at least 4 members (excludes halogenated alkanes) is 18. The van der Waals surface area contributed by atoms with Crippen LogP contribution in [0.25, 0.3) is 0 Å². The average molecular weight is 717 g/mol. The zero-order chi connectivity index (χ0) is 37.8. The summed E-state index contributed by atoms with van der Waals surface area (Å²) in [5.41, 5.74) is 2.05. The fourth-order valence-corrected chi connectivity index (χ4v) is 5.97. The predicted octanol–water partition coefficient (Wildman–Crippen LogP) is 13.4. The van der Waals surface area contributed by atoms with Crippen molar-refractivity contribution >= 4 is 17.9 Å². The van der Waals surface area contributed by atoms with Gasteiger partial charge < -0.3 is 14.2 Å². The van der Waals surface area contributed by atoms with Crippen LogP contribution in [-0.4, -0.2) is 37.2 Å². The lowest BCUT2D eigenvalue weighted by Gasteiger charge is -2.20. The van der Waals surface area contributed by atoms with Crippen LogP contribution >= 0.6 is 0 Å². The molecule has 0 radical (unpaired) electrons. The van der Waals surface area contributed by atoms with Crippen molar-refractivity contribution in [3.05, 3.63) is 34.9 Å². The third-order valence-electron chi connectivity index (χ3n) is 9.36. The van der Waals surface area contributed by atoms with E-state index in [4.69, 9.17) is 14.2 Å². The number of rotatable bonds is 35. The first-order chi connectivity index (χ1) is 24.9. The quantitative estimate of drug-likeness (QED) is 0.0281. The lowest BCUT2D eigenvalue weighted by Crippen LogP contribution is -2.32. The summed E-state index contributed by atoms with van der Waals surface area (Å²) >= 11 is 0. The van der Waals surface area contributed by atoms with E-state index in [0.29, 0.717) is 36.0 Å². The second kappa shape index (κ2) is 36.0. The van der Waals surface area contributed by atoms with Crippen LogP contribution in [0.4, 0.5) is 0 Å². The Hall–Kier alpha value is -2.37. The van der Waals surface area contributed by atoms with E-state index in [-0.39, 0.29) is 25.2 Å². The van der Waals surface area contributed by atoms with E-state index < -0.39 is 12.1 Å². The van der Waals surface area contributed by atoms with Gasteiger partial charge in [0.1, 0.15) is 13.2 Å². The average Bonchev–Trinajstić information content (AvgIpc) is 3.13. The number of ether oxygens (including phenoxy) is 3. The fourth-order valence-electron chi connectivity index (χ4n) is 5.97. The molecule has 0 saturated carbocycles. The lowest BCUT2D eigenvalue weighted by molar-refractivity contribution is -0.161.